The first-order chi connectivity index (χ1) is 16.0. The molecule has 1 atom stereocenters. The van der Waals surface area contributed by atoms with Gasteiger partial charge in [-0.15, -0.1) is 0 Å². The van der Waals surface area contributed by atoms with Crippen molar-refractivity contribution in [1.29, 1.82) is 0 Å². The predicted octanol–water partition coefficient (Wildman–Crippen LogP) is 2.98. The fraction of sp³-hybridized carbons (Fsp3) is 0.400. The molecule has 3 rings (SSSR count). The number of pyridine rings is 1. The summed E-state index contributed by atoms with van der Waals surface area (Å²) in [5.41, 5.74) is 9.80. The lowest BCUT2D eigenvalue weighted by Crippen LogP contribution is -2.38. The smallest absolute Gasteiger partial charge is 0.253 e. The van der Waals surface area contributed by atoms with E-state index in [2.05, 4.69) is 38.9 Å². The summed E-state index contributed by atoms with van der Waals surface area (Å²) in [6.07, 6.45) is 6.65. The summed E-state index contributed by atoms with van der Waals surface area (Å²) in [7, 11) is 3.79. The van der Waals surface area contributed by atoms with E-state index in [1.807, 2.05) is 55.4 Å². The minimum Gasteiger partial charge on any atom is -0.369 e. The van der Waals surface area contributed by atoms with Crippen molar-refractivity contribution < 1.29 is 4.79 Å². The van der Waals surface area contributed by atoms with E-state index in [-0.39, 0.29) is 17.9 Å². The molecule has 1 aromatic heterocycles. The highest BCUT2D eigenvalue weighted by Crippen LogP contribution is 2.27. The zero-order chi connectivity index (χ0) is 23.6. The van der Waals surface area contributed by atoms with Crippen LogP contribution in [0.3, 0.4) is 0 Å². The molecule has 8 nitrogen and oxygen atoms in total. The van der Waals surface area contributed by atoms with E-state index in [0.29, 0.717) is 11.4 Å². The van der Waals surface area contributed by atoms with Crippen LogP contribution >= 0.6 is 0 Å². The molecular formula is C25H35N7O. The Morgan fingerprint density at radius 1 is 1.30 bits per heavy atom. The number of carbonyl (C=O) groups excluding carboxylic acids is 1. The lowest BCUT2D eigenvalue weighted by molar-refractivity contribution is 0.0720. The van der Waals surface area contributed by atoms with Gasteiger partial charge in [-0.1, -0.05) is 13.0 Å². The molecule has 0 aliphatic carbocycles. The average molecular weight is 450 g/mol. The highest BCUT2D eigenvalue weighted by atomic mass is 16.2. The van der Waals surface area contributed by atoms with Gasteiger partial charge in [-0.3, -0.25) is 4.79 Å². The second-order valence-electron chi connectivity index (χ2n) is 8.13. The van der Waals surface area contributed by atoms with Crippen LogP contribution in [0.2, 0.25) is 0 Å². The lowest BCUT2D eigenvalue weighted by Gasteiger charge is -2.27. The number of nitrogens with zero attached hydrogens (tertiary/aromatic N) is 3. The highest BCUT2D eigenvalue weighted by Gasteiger charge is 2.19. The Morgan fingerprint density at radius 2 is 2.09 bits per heavy atom. The van der Waals surface area contributed by atoms with Crippen LogP contribution < -0.4 is 21.7 Å². The average Bonchev–Trinajstić information content (AvgIpc) is 2.85. The van der Waals surface area contributed by atoms with Gasteiger partial charge in [-0.05, 0) is 81.4 Å². The molecule has 2 heterocycles. The van der Waals surface area contributed by atoms with Crippen LogP contribution in [0, 0.1) is 0 Å². The third-order valence-corrected chi connectivity index (χ3v) is 5.89. The second-order valence-corrected chi connectivity index (χ2v) is 8.13. The van der Waals surface area contributed by atoms with Gasteiger partial charge in [0.1, 0.15) is 0 Å². The van der Waals surface area contributed by atoms with Crippen LogP contribution in [0.1, 0.15) is 42.1 Å². The van der Waals surface area contributed by atoms with E-state index in [4.69, 9.17) is 5.73 Å². The molecular weight excluding hydrogens is 414 g/mol. The summed E-state index contributed by atoms with van der Waals surface area (Å²) in [4.78, 5) is 23.6. The quantitative estimate of drug-likeness (QED) is 0.346. The third-order valence-electron chi connectivity index (χ3n) is 5.89. The Hall–Kier alpha value is -3.23. The van der Waals surface area contributed by atoms with Crippen molar-refractivity contribution in [3.05, 3.63) is 59.8 Å². The molecule has 33 heavy (non-hydrogen) atoms. The number of nitrogens with one attached hydrogen (secondary N) is 3. The summed E-state index contributed by atoms with van der Waals surface area (Å²) in [5.74, 6) is 0.856. The predicted molar refractivity (Wildman–Crippen MR) is 136 cm³/mol. The number of guanidine groups is 1. The van der Waals surface area contributed by atoms with Crippen molar-refractivity contribution in [2.45, 2.75) is 32.2 Å². The van der Waals surface area contributed by atoms with E-state index in [1.165, 1.54) is 5.57 Å². The van der Waals surface area contributed by atoms with Gasteiger partial charge in [0.2, 0.25) is 0 Å². The molecule has 0 bridgehead atoms. The number of hydrogen-bond donors (Lipinski definition) is 4. The Bertz CT molecular complexity index is 985. The van der Waals surface area contributed by atoms with E-state index >= 15 is 0 Å². The summed E-state index contributed by atoms with van der Waals surface area (Å²) in [5, 5.41) is 9.57. The molecule has 8 heteroatoms. The Morgan fingerprint density at radius 3 is 2.76 bits per heavy atom. The van der Waals surface area contributed by atoms with Gasteiger partial charge in [0.25, 0.3) is 5.91 Å². The van der Waals surface area contributed by atoms with Gasteiger partial charge in [0.05, 0.1) is 0 Å². The molecule has 0 saturated heterocycles. The molecule has 1 aliphatic rings. The van der Waals surface area contributed by atoms with Crippen LogP contribution in [0.15, 0.2) is 53.7 Å². The molecule has 1 aromatic carbocycles. The minimum atomic E-state index is 0.0134. The van der Waals surface area contributed by atoms with Gasteiger partial charge >= 0.3 is 0 Å². The zero-order valence-electron chi connectivity index (χ0n) is 19.8. The summed E-state index contributed by atoms with van der Waals surface area (Å²) >= 11 is 0. The van der Waals surface area contributed by atoms with E-state index in [9.17, 15) is 4.79 Å². The normalized spacial score (nSPS) is 15.0. The lowest BCUT2D eigenvalue weighted by atomic mass is 10.0. The van der Waals surface area contributed by atoms with Gasteiger partial charge in [-0.2, -0.15) is 4.99 Å². The second kappa shape index (κ2) is 12.1. The maximum absolute atomic E-state index is 12.9. The third kappa shape index (κ3) is 6.63. The molecule has 0 radical (unpaired) electrons. The SMILES string of the molecule is CCC(CCNC)N(C)C(=O)c1ccc(NC(N)=Nc2ncccc2C2=CCNCC2)cc1. The van der Waals surface area contributed by atoms with Crippen LogP contribution in [-0.2, 0) is 0 Å². The highest BCUT2D eigenvalue weighted by molar-refractivity contribution is 5.97. The molecule has 1 unspecified atom stereocenters. The van der Waals surface area contributed by atoms with Crippen LogP contribution in [-0.4, -0.2) is 61.5 Å². The summed E-state index contributed by atoms with van der Waals surface area (Å²) in [6, 6.07) is 11.4. The van der Waals surface area contributed by atoms with Crippen molar-refractivity contribution in [2.24, 2.45) is 10.7 Å². The fourth-order valence-electron chi connectivity index (χ4n) is 3.94. The molecule has 0 saturated carbocycles. The molecule has 5 N–H and O–H groups in total. The first-order valence-electron chi connectivity index (χ1n) is 11.5. The molecule has 176 valence electrons. The van der Waals surface area contributed by atoms with Crippen molar-refractivity contribution in [1.82, 2.24) is 20.5 Å². The number of hydrogen-bond acceptors (Lipinski definition) is 5. The molecule has 1 aliphatic heterocycles. The Balaban J connectivity index is 1.68. The number of rotatable bonds is 9. The number of aromatic nitrogens is 1. The number of aliphatic imine (C=N–C) groups is 1. The molecule has 0 fully saturated rings. The zero-order valence-corrected chi connectivity index (χ0v) is 19.8. The van der Waals surface area contributed by atoms with E-state index < -0.39 is 0 Å². The number of carbonyl (C=O) groups is 1. The number of amides is 1. The number of benzene rings is 1. The van der Waals surface area contributed by atoms with Crippen LogP contribution in [0.25, 0.3) is 5.57 Å². The summed E-state index contributed by atoms with van der Waals surface area (Å²) in [6.45, 7) is 4.76. The first-order valence-corrected chi connectivity index (χ1v) is 11.5. The maximum Gasteiger partial charge on any atom is 0.253 e. The largest absolute Gasteiger partial charge is 0.369 e. The minimum absolute atomic E-state index is 0.0134. The van der Waals surface area contributed by atoms with Crippen LogP contribution in [0.5, 0.6) is 0 Å². The molecule has 1 amide bonds. The number of anilines is 1. The van der Waals surface area contributed by atoms with Crippen LogP contribution in [0.4, 0.5) is 11.5 Å². The monoisotopic (exact) mass is 449 g/mol. The van der Waals surface area contributed by atoms with Gasteiger partial charge in [0.15, 0.2) is 11.8 Å². The first kappa shape index (κ1) is 24.4. The molecule has 0 spiro atoms. The summed E-state index contributed by atoms with van der Waals surface area (Å²) < 4.78 is 0. The van der Waals surface area contributed by atoms with Crippen molar-refractivity contribution in [3.8, 4) is 0 Å². The van der Waals surface area contributed by atoms with Crippen molar-refractivity contribution in [3.63, 3.8) is 0 Å². The fourth-order valence-corrected chi connectivity index (χ4v) is 3.94. The Kier molecular flexibility index (Phi) is 8.97. The molecule has 2 aromatic rings. The van der Waals surface area contributed by atoms with Crippen molar-refractivity contribution in [2.75, 3.05) is 39.0 Å². The van der Waals surface area contributed by atoms with E-state index in [1.54, 1.807) is 6.20 Å². The standard InChI is InChI=1S/C25H35N7O/c1-4-21(13-15-27-2)32(3)24(33)19-7-9-20(10-8-19)30-25(26)31-23-22(6-5-14-29-23)18-11-16-28-17-12-18/h5-11,14,21,27-28H,4,12-13,15-17H2,1-3H3,(H3,26,29,30,31). The van der Waals surface area contributed by atoms with Crippen molar-refractivity contribution >= 4 is 28.9 Å². The van der Waals surface area contributed by atoms with E-state index in [0.717, 1.165) is 50.1 Å². The van der Waals surface area contributed by atoms with Gasteiger partial charge in [0, 0.05) is 42.6 Å². The van der Waals surface area contributed by atoms with Gasteiger partial charge in [-0.25, -0.2) is 4.98 Å². The van der Waals surface area contributed by atoms with Gasteiger partial charge < -0.3 is 26.6 Å². The Labute approximate surface area is 196 Å². The topological polar surface area (TPSA) is 108 Å². The maximum atomic E-state index is 12.9. The number of nitrogens with two attached hydrogens (primary N) is 1.